The second-order valence-electron chi connectivity index (χ2n) is 9.95. The van der Waals surface area contributed by atoms with Gasteiger partial charge >= 0.3 is 0 Å². The van der Waals surface area contributed by atoms with Crippen molar-refractivity contribution in [1.82, 2.24) is 0 Å². The number of ketones is 3. The van der Waals surface area contributed by atoms with Crippen LogP contribution in [0.2, 0.25) is 0 Å². The number of para-hydroxylation sites is 1. The standard InChI is InChI=1S/C24H30O5/c1-23(2)10-15(25)21(16(26)11-23)20(14-8-6-7-9-19(14)29-5)22-17(27)12-24(3,4)13-18(22)28/h6-9,20-21,27H,10-13H2,1-5H3/t20-/m0/s1. The van der Waals surface area contributed by atoms with Crippen molar-refractivity contribution in [3.63, 3.8) is 0 Å². The van der Waals surface area contributed by atoms with Crippen LogP contribution in [0.25, 0.3) is 0 Å². The van der Waals surface area contributed by atoms with Gasteiger partial charge < -0.3 is 9.84 Å². The lowest BCUT2D eigenvalue weighted by Gasteiger charge is -2.39. The molecule has 2 aliphatic carbocycles. The van der Waals surface area contributed by atoms with E-state index in [1.165, 1.54) is 7.11 Å². The Bertz CT molecular complexity index is 870. The van der Waals surface area contributed by atoms with Crippen molar-refractivity contribution < 1.29 is 24.2 Å². The Labute approximate surface area is 172 Å². The van der Waals surface area contributed by atoms with Crippen LogP contribution in [0, 0.1) is 16.7 Å². The lowest BCUT2D eigenvalue weighted by Crippen LogP contribution is -2.43. The van der Waals surface area contributed by atoms with Gasteiger partial charge in [0.25, 0.3) is 0 Å². The fourth-order valence-corrected chi connectivity index (χ4v) is 4.86. The number of ether oxygens (including phenoxy) is 1. The van der Waals surface area contributed by atoms with Crippen LogP contribution in [0.3, 0.4) is 0 Å². The number of hydrogen-bond acceptors (Lipinski definition) is 5. The monoisotopic (exact) mass is 398 g/mol. The van der Waals surface area contributed by atoms with Crippen LogP contribution in [-0.4, -0.2) is 29.6 Å². The maximum atomic E-state index is 13.1. The van der Waals surface area contributed by atoms with Gasteiger partial charge in [0.15, 0.2) is 5.78 Å². The molecule has 3 rings (SSSR count). The maximum absolute atomic E-state index is 13.1. The number of allylic oxidation sites excluding steroid dienone is 2. The highest BCUT2D eigenvalue weighted by Crippen LogP contribution is 2.49. The molecule has 1 atom stereocenters. The van der Waals surface area contributed by atoms with Crippen LogP contribution in [0.5, 0.6) is 5.75 Å². The van der Waals surface area contributed by atoms with Gasteiger partial charge in [-0.05, 0) is 16.9 Å². The average molecular weight is 398 g/mol. The van der Waals surface area contributed by atoms with Crippen molar-refractivity contribution in [2.24, 2.45) is 16.7 Å². The van der Waals surface area contributed by atoms with Crippen LogP contribution in [-0.2, 0) is 14.4 Å². The van der Waals surface area contributed by atoms with Crippen LogP contribution in [0.4, 0.5) is 0 Å². The third-order valence-electron chi connectivity index (χ3n) is 6.01. The van der Waals surface area contributed by atoms with Gasteiger partial charge in [0.1, 0.15) is 23.1 Å². The van der Waals surface area contributed by atoms with E-state index in [-0.39, 0.29) is 53.4 Å². The molecule has 1 N–H and O–H groups in total. The first-order chi connectivity index (χ1) is 13.5. The van der Waals surface area contributed by atoms with Crippen LogP contribution >= 0.6 is 0 Å². The van der Waals surface area contributed by atoms with Gasteiger partial charge in [-0.3, -0.25) is 14.4 Å². The molecule has 1 fully saturated rings. The first-order valence-corrected chi connectivity index (χ1v) is 10.1. The van der Waals surface area contributed by atoms with E-state index in [2.05, 4.69) is 0 Å². The number of carbonyl (C=O) groups excluding carboxylic acids is 3. The maximum Gasteiger partial charge on any atom is 0.163 e. The topological polar surface area (TPSA) is 80.7 Å². The Hall–Kier alpha value is -2.43. The molecular formula is C24H30O5. The molecule has 5 heteroatoms. The van der Waals surface area contributed by atoms with Crippen molar-refractivity contribution in [2.45, 2.75) is 59.3 Å². The average Bonchev–Trinajstić information content (AvgIpc) is 2.57. The lowest BCUT2D eigenvalue weighted by atomic mass is 9.62. The van der Waals surface area contributed by atoms with Gasteiger partial charge in [0.2, 0.25) is 0 Å². The molecule has 0 bridgehead atoms. The first-order valence-electron chi connectivity index (χ1n) is 10.1. The summed E-state index contributed by atoms with van der Waals surface area (Å²) >= 11 is 0. The molecule has 156 valence electrons. The van der Waals surface area contributed by atoms with E-state index in [1.807, 2.05) is 27.7 Å². The second-order valence-corrected chi connectivity index (χ2v) is 9.95. The number of Topliss-reactive ketones (excluding diaryl/α,β-unsaturated/α-hetero) is 3. The number of benzene rings is 1. The summed E-state index contributed by atoms with van der Waals surface area (Å²) in [6.45, 7) is 7.66. The quantitative estimate of drug-likeness (QED) is 0.752. The molecular weight excluding hydrogens is 368 g/mol. The van der Waals surface area contributed by atoms with E-state index < -0.39 is 17.3 Å². The van der Waals surface area contributed by atoms with Gasteiger partial charge in [0.05, 0.1) is 13.0 Å². The first kappa shape index (κ1) is 21.3. The summed E-state index contributed by atoms with van der Waals surface area (Å²) in [6, 6.07) is 7.12. The molecule has 29 heavy (non-hydrogen) atoms. The third-order valence-corrected chi connectivity index (χ3v) is 6.01. The van der Waals surface area contributed by atoms with E-state index in [0.29, 0.717) is 17.7 Å². The summed E-state index contributed by atoms with van der Waals surface area (Å²) in [5, 5.41) is 10.9. The molecule has 0 unspecified atom stereocenters. The molecule has 0 heterocycles. The van der Waals surface area contributed by atoms with Crippen molar-refractivity contribution in [3.8, 4) is 5.75 Å². The smallest absolute Gasteiger partial charge is 0.163 e. The molecule has 0 spiro atoms. The number of rotatable bonds is 4. The number of aliphatic hydroxyl groups is 1. The number of hydrogen-bond donors (Lipinski definition) is 1. The molecule has 5 nitrogen and oxygen atoms in total. The normalized spacial score (nSPS) is 23.3. The summed E-state index contributed by atoms with van der Waals surface area (Å²) < 4.78 is 5.49. The Kier molecular flexibility index (Phi) is 5.46. The molecule has 0 amide bonds. The van der Waals surface area contributed by atoms with Crippen molar-refractivity contribution in [1.29, 1.82) is 0 Å². The fraction of sp³-hybridized carbons (Fsp3) is 0.542. The summed E-state index contributed by atoms with van der Waals surface area (Å²) in [6.07, 6.45) is 1.13. The zero-order valence-electron chi connectivity index (χ0n) is 17.9. The van der Waals surface area contributed by atoms with Gasteiger partial charge in [-0.15, -0.1) is 0 Å². The predicted octanol–water partition coefficient (Wildman–Crippen LogP) is 4.55. The minimum Gasteiger partial charge on any atom is -0.512 e. The second kappa shape index (κ2) is 7.43. The molecule has 0 radical (unpaired) electrons. The van der Waals surface area contributed by atoms with Gasteiger partial charge in [-0.25, -0.2) is 0 Å². The number of methoxy groups -OCH3 is 1. The molecule has 0 aliphatic heterocycles. The number of carbonyl (C=O) groups is 3. The predicted molar refractivity (Wildman–Crippen MR) is 110 cm³/mol. The van der Waals surface area contributed by atoms with E-state index in [0.717, 1.165) is 0 Å². The largest absolute Gasteiger partial charge is 0.512 e. The fourth-order valence-electron chi connectivity index (χ4n) is 4.86. The highest BCUT2D eigenvalue weighted by molar-refractivity contribution is 6.09. The summed E-state index contributed by atoms with van der Waals surface area (Å²) in [7, 11) is 1.52. The lowest BCUT2D eigenvalue weighted by molar-refractivity contribution is -0.140. The minimum absolute atomic E-state index is 0.0208. The Morgan fingerprint density at radius 1 is 0.931 bits per heavy atom. The van der Waals surface area contributed by atoms with E-state index in [9.17, 15) is 19.5 Å². The van der Waals surface area contributed by atoms with Crippen molar-refractivity contribution in [2.75, 3.05) is 7.11 Å². The Morgan fingerprint density at radius 2 is 1.48 bits per heavy atom. The molecule has 1 aromatic rings. The van der Waals surface area contributed by atoms with E-state index in [4.69, 9.17) is 4.74 Å². The zero-order chi connectivity index (χ0) is 21.6. The Morgan fingerprint density at radius 3 is 2.03 bits per heavy atom. The molecule has 2 aliphatic rings. The highest BCUT2D eigenvalue weighted by atomic mass is 16.5. The zero-order valence-corrected chi connectivity index (χ0v) is 17.9. The van der Waals surface area contributed by atoms with Crippen molar-refractivity contribution >= 4 is 17.3 Å². The molecule has 0 aromatic heterocycles. The van der Waals surface area contributed by atoms with E-state index >= 15 is 0 Å². The molecule has 0 saturated heterocycles. The van der Waals surface area contributed by atoms with E-state index in [1.54, 1.807) is 24.3 Å². The van der Waals surface area contributed by atoms with Crippen LogP contribution in [0.15, 0.2) is 35.6 Å². The van der Waals surface area contributed by atoms with Gasteiger partial charge in [-0.2, -0.15) is 0 Å². The van der Waals surface area contributed by atoms with Crippen molar-refractivity contribution in [3.05, 3.63) is 41.2 Å². The Balaban J connectivity index is 2.20. The van der Waals surface area contributed by atoms with Gasteiger partial charge in [0, 0.05) is 42.7 Å². The van der Waals surface area contributed by atoms with Crippen LogP contribution < -0.4 is 4.74 Å². The molecule has 1 saturated carbocycles. The summed E-state index contributed by atoms with van der Waals surface area (Å²) in [5.41, 5.74) is 0.0278. The summed E-state index contributed by atoms with van der Waals surface area (Å²) in [4.78, 5) is 39.4. The van der Waals surface area contributed by atoms with Crippen LogP contribution in [0.1, 0.15) is 64.9 Å². The highest BCUT2D eigenvalue weighted by Gasteiger charge is 2.49. The number of aliphatic hydroxyl groups excluding tert-OH is 1. The minimum atomic E-state index is -0.985. The molecule has 1 aromatic carbocycles. The third kappa shape index (κ3) is 4.14. The van der Waals surface area contributed by atoms with Gasteiger partial charge in [-0.1, -0.05) is 45.9 Å². The SMILES string of the molecule is COc1ccccc1[C@H](C1=C(O)CC(C)(C)CC1=O)C1C(=O)CC(C)(C)CC1=O. The summed E-state index contributed by atoms with van der Waals surface area (Å²) in [5.74, 6) is -1.90.